The van der Waals surface area contributed by atoms with Crippen LogP contribution in [0, 0.1) is 5.92 Å². The number of para-hydroxylation sites is 1. The molecule has 3 amide bonds. The zero-order chi connectivity index (χ0) is 20.6. The number of hydrogen-bond donors (Lipinski definition) is 2. The summed E-state index contributed by atoms with van der Waals surface area (Å²) in [5.74, 6) is -0.583. The summed E-state index contributed by atoms with van der Waals surface area (Å²) in [6.45, 7) is 1.26. The number of likely N-dealkylation sites (tertiary alicyclic amines) is 1. The van der Waals surface area contributed by atoms with Crippen LogP contribution >= 0.6 is 0 Å². The Hall–Kier alpha value is -3.33. The molecule has 0 saturated carbocycles. The monoisotopic (exact) mass is 401 g/mol. The van der Waals surface area contributed by atoms with Crippen molar-refractivity contribution in [1.29, 1.82) is 0 Å². The average Bonchev–Trinajstić information content (AvgIpc) is 3.37. The van der Waals surface area contributed by atoms with Crippen molar-refractivity contribution in [2.75, 3.05) is 26.9 Å². The van der Waals surface area contributed by atoms with E-state index in [2.05, 4.69) is 10.9 Å². The molecule has 0 spiro atoms. The first-order valence-electron chi connectivity index (χ1n) is 9.19. The van der Waals surface area contributed by atoms with Crippen molar-refractivity contribution in [2.45, 2.75) is 13.0 Å². The second-order valence-electron chi connectivity index (χ2n) is 6.54. The Labute approximate surface area is 167 Å². The van der Waals surface area contributed by atoms with Crippen molar-refractivity contribution >= 4 is 17.7 Å². The third-order valence-corrected chi connectivity index (χ3v) is 4.49. The lowest BCUT2D eigenvalue weighted by Gasteiger charge is -2.15. The lowest BCUT2D eigenvalue weighted by Crippen LogP contribution is -2.45. The standard InChI is InChI=1S/C20H23N3O6/c1-27-9-10-29-17-7-3-2-6-16(17)20(26)22-21-19(25)14-11-18(24)23(12-14)13-15-5-4-8-28-15/h2-8,14H,9-13H2,1H3,(H,21,25)(H,22,26). The van der Waals surface area contributed by atoms with E-state index in [1.54, 1.807) is 48.4 Å². The van der Waals surface area contributed by atoms with Gasteiger partial charge in [0.15, 0.2) is 0 Å². The molecule has 9 heteroatoms. The summed E-state index contributed by atoms with van der Waals surface area (Å²) in [5, 5.41) is 0. The highest BCUT2D eigenvalue weighted by Crippen LogP contribution is 2.21. The fourth-order valence-corrected chi connectivity index (χ4v) is 2.99. The Morgan fingerprint density at radius 3 is 2.76 bits per heavy atom. The Balaban J connectivity index is 1.52. The van der Waals surface area contributed by atoms with Gasteiger partial charge in [-0.2, -0.15) is 0 Å². The van der Waals surface area contributed by atoms with Crippen LogP contribution in [0.25, 0.3) is 0 Å². The highest BCUT2D eigenvalue weighted by molar-refractivity contribution is 5.98. The van der Waals surface area contributed by atoms with Crippen LogP contribution in [0.1, 0.15) is 22.5 Å². The number of rotatable bonds is 8. The van der Waals surface area contributed by atoms with Crippen LogP contribution in [0.2, 0.25) is 0 Å². The molecule has 154 valence electrons. The molecule has 1 unspecified atom stereocenters. The molecule has 29 heavy (non-hydrogen) atoms. The second-order valence-corrected chi connectivity index (χ2v) is 6.54. The van der Waals surface area contributed by atoms with Crippen LogP contribution in [-0.2, 0) is 20.9 Å². The van der Waals surface area contributed by atoms with Gasteiger partial charge in [-0.15, -0.1) is 0 Å². The molecule has 2 heterocycles. The number of amides is 3. The van der Waals surface area contributed by atoms with Gasteiger partial charge in [-0.05, 0) is 24.3 Å². The smallest absolute Gasteiger partial charge is 0.273 e. The van der Waals surface area contributed by atoms with E-state index in [-0.39, 0.29) is 24.4 Å². The Bertz CT molecular complexity index is 852. The van der Waals surface area contributed by atoms with Crippen LogP contribution in [0.3, 0.4) is 0 Å². The lowest BCUT2D eigenvalue weighted by atomic mass is 10.1. The van der Waals surface area contributed by atoms with E-state index in [9.17, 15) is 14.4 Å². The van der Waals surface area contributed by atoms with Crippen molar-refractivity contribution in [3.63, 3.8) is 0 Å². The van der Waals surface area contributed by atoms with Crippen LogP contribution in [-0.4, -0.2) is 49.5 Å². The number of carbonyl (C=O) groups is 3. The van der Waals surface area contributed by atoms with Gasteiger partial charge in [0.25, 0.3) is 5.91 Å². The van der Waals surface area contributed by atoms with Crippen molar-refractivity contribution in [3.8, 4) is 5.75 Å². The molecule has 0 aliphatic carbocycles. The highest BCUT2D eigenvalue weighted by Gasteiger charge is 2.34. The number of nitrogens with one attached hydrogen (secondary N) is 2. The number of nitrogens with zero attached hydrogens (tertiary/aromatic N) is 1. The SMILES string of the molecule is COCCOc1ccccc1C(=O)NNC(=O)C1CC(=O)N(Cc2ccco2)C1. The average molecular weight is 401 g/mol. The quantitative estimate of drug-likeness (QED) is 0.507. The molecule has 1 aromatic carbocycles. The molecule has 0 radical (unpaired) electrons. The summed E-state index contributed by atoms with van der Waals surface area (Å²) in [7, 11) is 1.56. The number of carbonyl (C=O) groups excluding carboxylic acids is 3. The minimum Gasteiger partial charge on any atom is -0.490 e. The van der Waals surface area contributed by atoms with Crippen molar-refractivity contribution < 1.29 is 28.3 Å². The summed E-state index contributed by atoms with van der Waals surface area (Å²) in [6, 6.07) is 10.2. The predicted octanol–water partition coefficient (Wildman–Crippen LogP) is 1.11. The van der Waals surface area contributed by atoms with Gasteiger partial charge < -0.3 is 18.8 Å². The first-order chi connectivity index (χ1) is 14.1. The van der Waals surface area contributed by atoms with Gasteiger partial charge in [0.1, 0.15) is 18.1 Å². The third kappa shape index (κ3) is 5.35. The van der Waals surface area contributed by atoms with Crippen LogP contribution < -0.4 is 15.6 Å². The molecule has 1 aromatic heterocycles. The van der Waals surface area contributed by atoms with Crippen LogP contribution in [0.15, 0.2) is 47.1 Å². The first-order valence-corrected chi connectivity index (χ1v) is 9.19. The van der Waals surface area contributed by atoms with Gasteiger partial charge in [0, 0.05) is 20.1 Å². The highest BCUT2D eigenvalue weighted by atomic mass is 16.5. The molecule has 1 saturated heterocycles. The summed E-state index contributed by atoms with van der Waals surface area (Å²) in [6.07, 6.45) is 1.62. The number of benzene rings is 1. The summed E-state index contributed by atoms with van der Waals surface area (Å²) >= 11 is 0. The minimum atomic E-state index is -0.550. The number of methoxy groups -OCH3 is 1. The van der Waals surface area contributed by atoms with Gasteiger partial charge in [-0.1, -0.05) is 12.1 Å². The molecule has 3 rings (SSSR count). The van der Waals surface area contributed by atoms with Gasteiger partial charge in [-0.3, -0.25) is 25.2 Å². The molecule has 9 nitrogen and oxygen atoms in total. The number of ether oxygens (including phenoxy) is 2. The topological polar surface area (TPSA) is 110 Å². The second kappa shape index (κ2) is 9.74. The normalized spacial score (nSPS) is 16.0. The van der Waals surface area contributed by atoms with Crippen LogP contribution in [0.4, 0.5) is 0 Å². The van der Waals surface area contributed by atoms with Crippen LogP contribution in [0.5, 0.6) is 5.75 Å². The van der Waals surface area contributed by atoms with Gasteiger partial charge in [0.2, 0.25) is 11.8 Å². The van der Waals surface area contributed by atoms with E-state index in [1.807, 2.05) is 0 Å². The van der Waals surface area contributed by atoms with E-state index in [0.717, 1.165) is 0 Å². The molecule has 2 N–H and O–H groups in total. The number of furan rings is 1. The Morgan fingerprint density at radius 1 is 1.17 bits per heavy atom. The minimum absolute atomic E-state index is 0.0825. The van der Waals surface area contributed by atoms with Gasteiger partial charge in [-0.25, -0.2) is 0 Å². The Kier molecular flexibility index (Phi) is 6.85. The van der Waals surface area contributed by atoms with E-state index >= 15 is 0 Å². The summed E-state index contributed by atoms with van der Waals surface area (Å²) in [5.41, 5.74) is 5.06. The van der Waals surface area contributed by atoms with E-state index < -0.39 is 17.7 Å². The maximum absolute atomic E-state index is 12.4. The molecule has 1 fully saturated rings. The number of hydrogen-bond acceptors (Lipinski definition) is 6. The molecular formula is C20H23N3O6. The van der Waals surface area contributed by atoms with Crippen molar-refractivity contribution in [2.24, 2.45) is 5.92 Å². The fourth-order valence-electron chi connectivity index (χ4n) is 2.99. The fraction of sp³-hybridized carbons (Fsp3) is 0.350. The molecule has 1 aliphatic rings. The maximum Gasteiger partial charge on any atom is 0.273 e. The van der Waals surface area contributed by atoms with Gasteiger partial charge >= 0.3 is 0 Å². The zero-order valence-corrected chi connectivity index (χ0v) is 16.1. The molecule has 0 bridgehead atoms. The summed E-state index contributed by atoms with van der Waals surface area (Å²) < 4.78 is 15.7. The van der Waals surface area contributed by atoms with E-state index in [0.29, 0.717) is 31.3 Å². The third-order valence-electron chi connectivity index (χ3n) is 4.49. The molecule has 2 aromatic rings. The van der Waals surface area contributed by atoms with E-state index in [4.69, 9.17) is 13.9 Å². The number of hydrazine groups is 1. The maximum atomic E-state index is 12.4. The predicted molar refractivity (Wildman–Crippen MR) is 102 cm³/mol. The first kappa shape index (κ1) is 20.4. The lowest BCUT2D eigenvalue weighted by molar-refractivity contribution is -0.129. The Morgan fingerprint density at radius 2 is 2.00 bits per heavy atom. The summed E-state index contributed by atoms with van der Waals surface area (Å²) in [4.78, 5) is 38.5. The van der Waals surface area contributed by atoms with E-state index in [1.165, 1.54) is 6.26 Å². The largest absolute Gasteiger partial charge is 0.490 e. The molecule has 1 aliphatic heterocycles. The molecule has 1 atom stereocenters. The molecular weight excluding hydrogens is 378 g/mol. The van der Waals surface area contributed by atoms with Crippen molar-refractivity contribution in [3.05, 3.63) is 54.0 Å². The van der Waals surface area contributed by atoms with Gasteiger partial charge in [0.05, 0.1) is 30.9 Å². The zero-order valence-electron chi connectivity index (χ0n) is 16.1. The van der Waals surface area contributed by atoms with Crippen molar-refractivity contribution in [1.82, 2.24) is 15.8 Å².